The summed E-state index contributed by atoms with van der Waals surface area (Å²) >= 11 is 0. The van der Waals surface area contributed by atoms with Gasteiger partial charge in [-0.1, -0.05) is 38.1 Å². The molecular formula is C17H26N4. The van der Waals surface area contributed by atoms with Gasteiger partial charge in [0.15, 0.2) is 0 Å². The number of hydrogen-bond donors (Lipinski definition) is 2. The first-order valence-electron chi connectivity index (χ1n) is 7.49. The van der Waals surface area contributed by atoms with E-state index in [9.17, 15) is 0 Å². The Labute approximate surface area is 127 Å². The first-order valence-corrected chi connectivity index (χ1v) is 7.49. The van der Waals surface area contributed by atoms with Crippen LogP contribution in [0.5, 0.6) is 0 Å². The van der Waals surface area contributed by atoms with Crippen LogP contribution in [-0.4, -0.2) is 9.78 Å². The van der Waals surface area contributed by atoms with Gasteiger partial charge in [0.1, 0.15) is 0 Å². The second-order valence-electron chi connectivity index (χ2n) is 6.15. The minimum absolute atomic E-state index is 0.0224. The van der Waals surface area contributed by atoms with Gasteiger partial charge in [-0.3, -0.25) is 10.5 Å². The van der Waals surface area contributed by atoms with Crippen LogP contribution in [0.1, 0.15) is 48.0 Å². The lowest BCUT2D eigenvalue weighted by Gasteiger charge is -2.18. The highest BCUT2D eigenvalue weighted by atomic mass is 15.3. The summed E-state index contributed by atoms with van der Waals surface area (Å²) in [6, 6.07) is 8.64. The Morgan fingerprint density at radius 3 is 2.52 bits per heavy atom. The molecule has 4 heteroatoms. The topological polar surface area (TPSA) is 55.9 Å². The van der Waals surface area contributed by atoms with Crippen LogP contribution in [0.4, 0.5) is 0 Å². The molecule has 1 aromatic heterocycles. The molecule has 0 saturated heterocycles. The summed E-state index contributed by atoms with van der Waals surface area (Å²) in [7, 11) is 1.97. The lowest BCUT2D eigenvalue weighted by atomic mass is 9.94. The first kappa shape index (κ1) is 15.7. The predicted molar refractivity (Wildman–Crippen MR) is 86.8 cm³/mol. The van der Waals surface area contributed by atoms with Gasteiger partial charge in [-0.2, -0.15) is 5.10 Å². The molecular weight excluding hydrogens is 260 g/mol. The van der Waals surface area contributed by atoms with Gasteiger partial charge in [-0.15, -0.1) is 0 Å². The van der Waals surface area contributed by atoms with Crippen LogP contribution in [0.25, 0.3) is 0 Å². The fraction of sp³-hybridized carbons (Fsp3) is 0.471. The fourth-order valence-electron chi connectivity index (χ4n) is 2.93. The number of nitrogens with zero attached hydrogens (tertiary/aromatic N) is 2. The lowest BCUT2D eigenvalue weighted by molar-refractivity contribution is 0.621. The van der Waals surface area contributed by atoms with Crippen LogP contribution in [0.3, 0.4) is 0 Å². The summed E-state index contributed by atoms with van der Waals surface area (Å²) in [6.45, 7) is 8.59. The van der Waals surface area contributed by atoms with E-state index < -0.39 is 0 Å². The van der Waals surface area contributed by atoms with E-state index in [1.165, 1.54) is 16.7 Å². The molecule has 114 valence electrons. The summed E-state index contributed by atoms with van der Waals surface area (Å²) in [6.07, 6.45) is 1.08. The molecule has 0 aliphatic carbocycles. The lowest BCUT2D eigenvalue weighted by Crippen LogP contribution is -2.29. The van der Waals surface area contributed by atoms with Crippen molar-refractivity contribution in [3.05, 3.63) is 52.3 Å². The molecule has 1 atom stereocenters. The van der Waals surface area contributed by atoms with E-state index in [1.54, 1.807) is 0 Å². The minimum atomic E-state index is -0.0224. The third-order valence-corrected chi connectivity index (χ3v) is 3.95. The number of aromatic nitrogens is 2. The van der Waals surface area contributed by atoms with Gasteiger partial charge in [-0.05, 0) is 37.3 Å². The maximum atomic E-state index is 5.85. The fourth-order valence-corrected chi connectivity index (χ4v) is 2.93. The zero-order valence-electron chi connectivity index (χ0n) is 13.6. The van der Waals surface area contributed by atoms with Crippen molar-refractivity contribution in [1.82, 2.24) is 15.2 Å². The number of hydrazine groups is 1. The van der Waals surface area contributed by atoms with Crippen molar-refractivity contribution >= 4 is 0 Å². The average Bonchev–Trinajstić information content (AvgIpc) is 2.66. The normalized spacial score (nSPS) is 12.9. The molecule has 1 aromatic carbocycles. The standard InChI is InChI=1S/C17H26N4/c1-11(2)9-14-7-6-8-15(10-14)17(19-18)16-12(3)20-21(5)13(16)4/h6-8,10-11,17,19H,9,18H2,1-5H3. The van der Waals surface area contributed by atoms with E-state index in [4.69, 9.17) is 5.84 Å². The highest BCUT2D eigenvalue weighted by Crippen LogP contribution is 2.27. The largest absolute Gasteiger partial charge is 0.272 e. The molecule has 0 amide bonds. The SMILES string of the molecule is Cc1nn(C)c(C)c1C(NN)c1cccc(CC(C)C)c1. The summed E-state index contributed by atoms with van der Waals surface area (Å²) in [5.74, 6) is 6.49. The summed E-state index contributed by atoms with van der Waals surface area (Å²) in [4.78, 5) is 0. The van der Waals surface area contributed by atoms with Gasteiger partial charge in [0, 0.05) is 18.3 Å². The van der Waals surface area contributed by atoms with Gasteiger partial charge in [-0.25, -0.2) is 5.43 Å². The van der Waals surface area contributed by atoms with Gasteiger partial charge in [0.2, 0.25) is 0 Å². The van der Waals surface area contributed by atoms with Gasteiger partial charge >= 0.3 is 0 Å². The van der Waals surface area contributed by atoms with E-state index in [2.05, 4.69) is 55.6 Å². The highest BCUT2D eigenvalue weighted by molar-refractivity contribution is 5.38. The van der Waals surface area contributed by atoms with Crippen LogP contribution in [0.15, 0.2) is 24.3 Å². The molecule has 3 N–H and O–H groups in total. The van der Waals surface area contributed by atoms with Crippen molar-refractivity contribution in [1.29, 1.82) is 0 Å². The molecule has 2 aromatic rings. The third-order valence-electron chi connectivity index (χ3n) is 3.95. The number of hydrogen-bond acceptors (Lipinski definition) is 3. The molecule has 0 radical (unpaired) electrons. The van der Waals surface area contributed by atoms with Gasteiger partial charge < -0.3 is 0 Å². The number of nitrogens with one attached hydrogen (secondary N) is 1. The van der Waals surface area contributed by atoms with E-state index in [-0.39, 0.29) is 6.04 Å². The first-order chi connectivity index (χ1) is 9.93. The molecule has 0 fully saturated rings. The second kappa shape index (κ2) is 6.41. The zero-order valence-corrected chi connectivity index (χ0v) is 13.6. The molecule has 0 aliphatic rings. The summed E-state index contributed by atoms with van der Waals surface area (Å²) in [5, 5.41) is 4.50. The smallest absolute Gasteiger partial charge is 0.0746 e. The van der Waals surface area contributed by atoms with E-state index in [1.807, 2.05) is 18.7 Å². The van der Waals surface area contributed by atoms with Crippen molar-refractivity contribution in [3.8, 4) is 0 Å². The monoisotopic (exact) mass is 286 g/mol. The van der Waals surface area contributed by atoms with E-state index in [0.717, 1.165) is 17.8 Å². The molecule has 0 aliphatic heterocycles. The van der Waals surface area contributed by atoms with Crippen LogP contribution in [0, 0.1) is 19.8 Å². The number of nitrogens with two attached hydrogens (primary N) is 1. The Balaban J connectivity index is 2.42. The van der Waals surface area contributed by atoms with E-state index >= 15 is 0 Å². The van der Waals surface area contributed by atoms with Gasteiger partial charge in [0.25, 0.3) is 0 Å². The average molecular weight is 286 g/mol. The molecule has 2 rings (SSSR count). The Hall–Kier alpha value is -1.65. The summed E-state index contributed by atoms with van der Waals surface area (Å²) in [5.41, 5.74) is 8.83. The van der Waals surface area contributed by atoms with Crippen LogP contribution in [0.2, 0.25) is 0 Å². The zero-order chi connectivity index (χ0) is 15.6. The van der Waals surface area contributed by atoms with Crippen molar-refractivity contribution < 1.29 is 0 Å². The Morgan fingerprint density at radius 1 is 1.29 bits per heavy atom. The highest BCUT2D eigenvalue weighted by Gasteiger charge is 2.21. The van der Waals surface area contributed by atoms with Crippen LogP contribution in [-0.2, 0) is 13.5 Å². The van der Waals surface area contributed by atoms with E-state index in [0.29, 0.717) is 5.92 Å². The quantitative estimate of drug-likeness (QED) is 0.656. The number of rotatable bonds is 5. The molecule has 0 spiro atoms. The summed E-state index contributed by atoms with van der Waals surface area (Å²) < 4.78 is 1.91. The maximum Gasteiger partial charge on any atom is 0.0746 e. The molecule has 21 heavy (non-hydrogen) atoms. The van der Waals surface area contributed by atoms with Crippen molar-refractivity contribution in [3.63, 3.8) is 0 Å². The van der Waals surface area contributed by atoms with Crippen molar-refractivity contribution in [2.45, 2.75) is 40.2 Å². The van der Waals surface area contributed by atoms with Crippen LogP contribution >= 0.6 is 0 Å². The Bertz CT molecular complexity index is 613. The second-order valence-corrected chi connectivity index (χ2v) is 6.15. The molecule has 1 heterocycles. The molecule has 0 saturated carbocycles. The third kappa shape index (κ3) is 3.34. The minimum Gasteiger partial charge on any atom is -0.272 e. The predicted octanol–water partition coefficient (Wildman–Crippen LogP) is 2.79. The van der Waals surface area contributed by atoms with Gasteiger partial charge in [0.05, 0.1) is 11.7 Å². The molecule has 1 unspecified atom stereocenters. The van der Waals surface area contributed by atoms with Crippen LogP contribution < -0.4 is 11.3 Å². The number of benzene rings is 1. The number of aryl methyl sites for hydroxylation is 2. The van der Waals surface area contributed by atoms with Crippen molar-refractivity contribution in [2.75, 3.05) is 0 Å². The van der Waals surface area contributed by atoms with Crippen molar-refractivity contribution in [2.24, 2.45) is 18.8 Å². The Morgan fingerprint density at radius 2 is 2.00 bits per heavy atom. The molecule has 0 bridgehead atoms. The Kier molecular flexibility index (Phi) is 4.80. The maximum absolute atomic E-state index is 5.85. The molecule has 4 nitrogen and oxygen atoms in total.